The summed E-state index contributed by atoms with van der Waals surface area (Å²) in [5.41, 5.74) is 0. The topological polar surface area (TPSA) is 112 Å². The van der Waals surface area contributed by atoms with E-state index in [0.717, 1.165) is 57.3 Å². The fraction of sp³-hybridized carbons (Fsp3) is 0.880. The molecule has 0 unspecified atom stereocenters. The molecule has 0 radical (unpaired) electrons. The molecule has 32 heavy (non-hydrogen) atoms. The molecule has 0 aliphatic rings. The molecule has 0 heterocycles. The van der Waals surface area contributed by atoms with Crippen molar-refractivity contribution in [3.05, 3.63) is 0 Å². The molecule has 0 fully saturated rings. The zero-order valence-corrected chi connectivity index (χ0v) is 24.6. The zero-order chi connectivity index (χ0) is 24.7. The molecule has 0 aromatic rings. The van der Waals surface area contributed by atoms with Crippen molar-refractivity contribution >= 4 is 17.9 Å². The molecule has 0 bridgehead atoms. The Morgan fingerprint density at radius 2 is 0.688 bits per heavy atom. The second-order valence-corrected chi connectivity index (χ2v) is 9.45. The van der Waals surface area contributed by atoms with E-state index in [1.807, 2.05) is 0 Å². The molecule has 0 aromatic carbocycles. The van der Waals surface area contributed by atoms with E-state index in [-0.39, 0.29) is 41.7 Å². The standard InChI is InChI=1S/C9H18O2.2C8H16O2.Ce/c1-8(2)6-4-3-5-7-9(10)11;2*1-7(2)5-3-4-6-8(9)10;/h8H,3-7H2,1-2H3,(H,10,11);2*7H,3-6H2,1-2H3,(H,9,10);. The SMILES string of the molecule is CC(C)CCCCC(=O)O.CC(C)CCCCC(=O)O.CC(C)CCCCCC(=O)O.[Ce]. The van der Waals surface area contributed by atoms with E-state index < -0.39 is 17.9 Å². The first-order chi connectivity index (χ1) is 14.4. The Balaban J connectivity index is -0.000000181. The minimum atomic E-state index is -0.677. The Morgan fingerprint density at radius 3 is 0.906 bits per heavy atom. The predicted octanol–water partition coefficient (Wildman–Crippen LogP) is 7.25. The predicted molar refractivity (Wildman–Crippen MR) is 127 cm³/mol. The maximum Gasteiger partial charge on any atom is 0.303 e. The zero-order valence-electron chi connectivity index (χ0n) is 21.5. The fourth-order valence-electron chi connectivity index (χ4n) is 2.66. The van der Waals surface area contributed by atoms with Gasteiger partial charge in [0.15, 0.2) is 0 Å². The normalized spacial score (nSPS) is 10.0. The van der Waals surface area contributed by atoms with Crippen LogP contribution in [0, 0.1) is 59.5 Å². The van der Waals surface area contributed by atoms with E-state index in [4.69, 9.17) is 15.3 Å². The van der Waals surface area contributed by atoms with Crippen LogP contribution in [0.25, 0.3) is 0 Å². The minimum absolute atomic E-state index is 0. The van der Waals surface area contributed by atoms with Crippen molar-refractivity contribution in [2.45, 2.75) is 125 Å². The fourth-order valence-corrected chi connectivity index (χ4v) is 2.66. The molecule has 0 atom stereocenters. The van der Waals surface area contributed by atoms with Crippen LogP contribution in [-0.4, -0.2) is 33.2 Å². The van der Waals surface area contributed by atoms with Crippen molar-refractivity contribution in [3.8, 4) is 0 Å². The van der Waals surface area contributed by atoms with Crippen LogP contribution in [0.1, 0.15) is 125 Å². The summed E-state index contributed by atoms with van der Waals surface area (Å²) >= 11 is 0. The summed E-state index contributed by atoms with van der Waals surface area (Å²) in [5, 5.41) is 24.9. The van der Waals surface area contributed by atoms with Gasteiger partial charge in [-0.3, -0.25) is 14.4 Å². The minimum Gasteiger partial charge on any atom is -0.481 e. The van der Waals surface area contributed by atoms with Gasteiger partial charge in [-0.05, 0) is 37.0 Å². The molecule has 0 aliphatic heterocycles. The van der Waals surface area contributed by atoms with Crippen LogP contribution in [0.4, 0.5) is 0 Å². The van der Waals surface area contributed by atoms with Crippen molar-refractivity contribution in [1.29, 1.82) is 0 Å². The first-order valence-corrected chi connectivity index (χ1v) is 12.0. The molecule has 3 N–H and O–H groups in total. The Bertz CT molecular complexity index is 410. The average molecular weight is 587 g/mol. The van der Waals surface area contributed by atoms with Crippen LogP contribution in [0.5, 0.6) is 0 Å². The quantitative estimate of drug-likeness (QED) is 0.164. The van der Waals surface area contributed by atoms with E-state index >= 15 is 0 Å². The summed E-state index contributed by atoms with van der Waals surface area (Å²) in [6.07, 6.45) is 11.3. The smallest absolute Gasteiger partial charge is 0.303 e. The largest absolute Gasteiger partial charge is 0.481 e. The van der Waals surface area contributed by atoms with E-state index in [1.54, 1.807) is 0 Å². The molecule has 0 amide bonds. The summed E-state index contributed by atoms with van der Waals surface area (Å²) < 4.78 is 0. The average Bonchev–Trinajstić information content (AvgIpc) is 2.62. The van der Waals surface area contributed by atoms with Crippen LogP contribution in [0.2, 0.25) is 0 Å². The van der Waals surface area contributed by atoms with Gasteiger partial charge in [-0.1, -0.05) is 86.5 Å². The molecule has 190 valence electrons. The number of unbranched alkanes of at least 4 members (excludes halogenated alkanes) is 4. The van der Waals surface area contributed by atoms with Gasteiger partial charge in [0, 0.05) is 61.0 Å². The third-order valence-corrected chi connectivity index (χ3v) is 4.52. The van der Waals surface area contributed by atoms with Gasteiger partial charge in [0.25, 0.3) is 0 Å². The number of carboxylic acid groups (broad SMARTS) is 3. The molecule has 6 nitrogen and oxygen atoms in total. The van der Waals surface area contributed by atoms with Gasteiger partial charge in [0.2, 0.25) is 0 Å². The van der Waals surface area contributed by atoms with Crippen molar-refractivity contribution in [3.63, 3.8) is 0 Å². The molecule has 0 aliphatic carbocycles. The van der Waals surface area contributed by atoms with Crippen molar-refractivity contribution in [2.75, 3.05) is 0 Å². The van der Waals surface area contributed by atoms with Gasteiger partial charge >= 0.3 is 17.9 Å². The van der Waals surface area contributed by atoms with Crippen LogP contribution in [0.3, 0.4) is 0 Å². The van der Waals surface area contributed by atoms with Crippen molar-refractivity contribution in [2.24, 2.45) is 17.8 Å². The molecule has 0 saturated heterocycles. The molecular formula is C25H50CeO6. The van der Waals surface area contributed by atoms with Crippen molar-refractivity contribution in [1.82, 2.24) is 0 Å². The first kappa shape index (κ1) is 39.0. The second-order valence-electron chi connectivity index (χ2n) is 9.45. The van der Waals surface area contributed by atoms with Crippen LogP contribution >= 0.6 is 0 Å². The Morgan fingerprint density at radius 1 is 0.469 bits per heavy atom. The number of carbonyl (C=O) groups is 3. The van der Waals surface area contributed by atoms with Gasteiger partial charge in [0.1, 0.15) is 0 Å². The van der Waals surface area contributed by atoms with E-state index in [9.17, 15) is 14.4 Å². The molecule has 0 saturated carbocycles. The van der Waals surface area contributed by atoms with Crippen LogP contribution in [-0.2, 0) is 14.4 Å². The number of carboxylic acids is 3. The molecule has 7 heteroatoms. The monoisotopic (exact) mass is 586 g/mol. The first-order valence-electron chi connectivity index (χ1n) is 12.0. The molecule has 0 spiro atoms. The second kappa shape index (κ2) is 28.8. The molecular weight excluding hydrogens is 536 g/mol. The van der Waals surface area contributed by atoms with E-state index in [2.05, 4.69) is 41.5 Å². The number of hydrogen-bond acceptors (Lipinski definition) is 3. The number of rotatable bonds is 16. The molecule has 0 aromatic heterocycles. The summed E-state index contributed by atoms with van der Waals surface area (Å²) in [5.74, 6) is 0.129. The maximum absolute atomic E-state index is 10.1. The third-order valence-electron chi connectivity index (χ3n) is 4.52. The van der Waals surface area contributed by atoms with E-state index in [0.29, 0.717) is 31.1 Å². The third kappa shape index (κ3) is 52.0. The van der Waals surface area contributed by atoms with Gasteiger partial charge in [0.05, 0.1) is 0 Å². The van der Waals surface area contributed by atoms with Crippen LogP contribution < -0.4 is 0 Å². The summed E-state index contributed by atoms with van der Waals surface area (Å²) in [7, 11) is 0. The Labute approximate surface area is 230 Å². The van der Waals surface area contributed by atoms with E-state index in [1.165, 1.54) is 12.8 Å². The van der Waals surface area contributed by atoms with Gasteiger partial charge in [-0.2, -0.15) is 0 Å². The maximum atomic E-state index is 10.1. The number of aliphatic carboxylic acids is 3. The van der Waals surface area contributed by atoms with Gasteiger partial charge in [-0.25, -0.2) is 0 Å². The summed E-state index contributed by atoms with van der Waals surface area (Å²) in [6, 6.07) is 0. The summed E-state index contributed by atoms with van der Waals surface area (Å²) in [4.78, 5) is 30.2. The number of hydrogen-bond donors (Lipinski definition) is 3. The van der Waals surface area contributed by atoms with Gasteiger partial charge < -0.3 is 15.3 Å². The molecule has 0 rings (SSSR count). The summed E-state index contributed by atoms with van der Waals surface area (Å²) in [6.45, 7) is 13.0. The van der Waals surface area contributed by atoms with Crippen LogP contribution in [0.15, 0.2) is 0 Å². The Kier molecular flexibility index (Phi) is 35.1. The van der Waals surface area contributed by atoms with Crippen molar-refractivity contribution < 1.29 is 71.5 Å². The Hall–Kier alpha value is -0.213. The van der Waals surface area contributed by atoms with Gasteiger partial charge in [-0.15, -0.1) is 0 Å².